The van der Waals surface area contributed by atoms with Gasteiger partial charge in [0.2, 0.25) is 0 Å². The van der Waals surface area contributed by atoms with Crippen LogP contribution in [0.15, 0.2) is 18.2 Å². The average molecular weight is 322 g/mol. The molecule has 0 saturated carbocycles. The number of carbonyl (C=O) groups excluding carboxylic acids is 1. The molecule has 0 bridgehead atoms. The molecule has 1 aromatic heterocycles. The topological polar surface area (TPSA) is 82.8 Å². The normalized spacial score (nSPS) is 15.1. The second-order valence-electron chi connectivity index (χ2n) is 4.96. The number of phenolic OH excluding ortho intramolecular Hbond substituents is 1. The predicted molar refractivity (Wildman–Crippen MR) is 76.3 cm³/mol. The zero-order chi connectivity index (χ0) is 16.6. The maximum Gasteiger partial charge on any atom is 0.356 e. The number of hydrogen-bond donors (Lipinski definition) is 1. The predicted octanol–water partition coefficient (Wildman–Crippen LogP) is 1.76. The van der Waals surface area contributed by atoms with Crippen molar-refractivity contribution in [1.29, 1.82) is 0 Å². The SMILES string of the molecule is COC(=O)c1cc(-c2c(F)ccc(O)c2C2OCCO2)nn1C. The first-order valence-electron chi connectivity index (χ1n) is 6.90. The fourth-order valence-corrected chi connectivity index (χ4v) is 2.49. The Labute approximate surface area is 131 Å². The van der Waals surface area contributed by atoms with Crippen molar-refractivity contribution in [1.82, 2.24) is 9.78 Å². The lowest BCUT2D eigenvalue weighted by Gasteiger charge is -2.15. The molecule has 8 heteroatoms. The highest BCUT2D eigenvalue weighted by Crippen LogP contribution is 2.39. The van der Waals surface area contributed by atoms with Gasteiger partial charge in [0.05, 0.1) is 31.6 Å². The van der Waals surface area contributed by atoms with Gasteiger partial charge >= 0.3 is 5.97 Å². The van der Waals surface area contributed by atoms with Gasteiger partial charge in [0.15, 0.2) is 6.29 Å². The smallest absolute Gasteiger partial charge is 0.356 e. The summed E-state index contributed by atoms with van der Waals surface area (Å²) in [5, 5.41) is 14.3. The van der Waals surface area contributed by atoms with Crippen molar-refractivity contribution in [3.63, 3.8) is 0 Å². The fraction of sp³-hybridized carbons (Fsp3) is 0.333. The number of aryl methyl sites for hydroxylation is 1. The van der Waals surface area contributed by atoms with E-state index in [4.69, 9.17) is 9.47 Å². The van der Waals surface area contributed by atoms with E-state index in [9.17, 15) is 14.3 Å². The number of hydrogen-bond acceptors (Lipinski definition) is 6. The van der Waals surface area contributed by atoms with Crippen LogP contribution in [0.5, 0.6) is 5.75 Å². The minimum absolute atomic E-state index is 0.0302. The molecule has 0 radical (unpaired) electrons. The molecule has 7 nitrogen and oxygen atoms in total. The fourth-order valence-electron chi connectivity index (χ4n) is 2.49. The van der Waals surface area contributed by atoms with Gasteiger partial charge in [-0.05, 0) is 18.2 Å². The minimum Gasteiger partial charge on any atom is -0.507 e. The summed E-state index contributed by atoms with van der Waals surface area (Å²) in [6, 6.07) is 3.74. The summed E-state index contributed by atoms with van der Waals surface area (Å²) >= 11 is 0. The van der Waals surface area contributed by atoms with Crippen LogP contribution in [0.3, 0.4) is 0 Å². The molecule has 2 aromatic rings. The first-order chi connectivity index (χ1) is 11.0. The van der Waals surface area contributed by atoms with Gasteiger partial charge in [-0.15, -0.1) is 0 Å². The Bertz CT molecular complexity index is 753. The van der Waals surface area contributed by atoms with E-state index in [1.54, 1.807) is 7.05 Å². The highest BCUT2D eigenvalue weighted by molar-refractivity contribution is 5.89. The summed E-state index contributed by atoms with van der Waals surface area (Å²) in [6.45, 7) is 0.686. The summed E-state index contributed by atoms with van der Waals surface area (Å²) in [7, 11) is 2.79. The molecule has 0 amide bonds. The van der Waals surface area contributed by atoms with Crippen molar-refractivity contribution in [2.45, 2.75) is 6.29 Å². The molecule has 1 saturated heterocycles. The molecule has 1 aliphatic heterocycles. The summed E-state index contributed by atoms with van der Waals surface area (Å²) < 4.78 is 31.1. The van der Waals surface area contributed by atoms with Crippen LogP contribution in [-0.4, -0.2) is 41.2 Å². The van der Waals surface area contributed by atoms with Gasteiger partial charge < -0.3 is 19.3 Å². The number of aromatic nitrogens is 2. The van der Waals surface area contributed by atoms with E-state index in [0.717, 1.165) is 6.07 Å². The maximum absolute atomic E-state index is 14.4. The van der Waals surface area contributed by atoms with E-state index >= 15 is 0 Å². The zero-order valence-corrected chi connectivity index (χ0v) is 12.6. The van der Waals surface area contributed by atoms with Gasteiger partial charge in [-0.1, -0.05) is 0 Å². The van der Waals surface area contributed by atoms with Crippen LogP contribution >= 0.6 is 0 Å². The highest BCUT2D eigenvalue weighted by Gasteiger charge is 2.29. The van der Waals surface area contributed by atoms with Gasteiger partial charge in [-0.25, -0.2) is 9.18 Å². The van der Waals surface area contributed by atoms with E-state index in [0.29, 0.717) is 13.2 Å². The Morgan fingerprint density at radius 2 is 2.13 bits per heavy atom. The van der Waals surface area contributed by atoms with Crippen LogP contribution in [-0.2, 0) is 21.3 Å². The van der Waals surface area contributed by atoms with Gasteiger partial charge in [-0.2, -0.15) is 5.10 Å². The van der Waals surface area contributed by atoms with Crippen LogP contribution in [0.1, 0.15) is 22.3 Å². The number of benzene rings is 1. The molecule has 1 aromatic carbocycles. The van der Waals surface area contributed by atoms with Gasteiger partial charge in [0.1, 0.15) is 17.3 Å². The molecule has 0 spiro atoms. The Balaban J connectivity index is 2.16. The first kappa shape index (κ1) is 15.4. The lowest BCUT2D eigenvalue weighted by Crippen LogP contribution is -2.07. The number of carbonyl (C=O) groups is 1. The van der Waals surface area contributed by atoms with E-state index in [2.05, 4.69) is 9.84 Å². The Hall–Kier alpha value is -2.45. The number of phenols is 1. The van der Waals surface area contributed by atoms with Crippen molar-refractivity contribution in [3.05, 3.63) is 35.3 Å². The third-order valence-corrected chi connectivity index (χ3v) is 3.56. The molecule has 0 unspecified atom stereocenters. The number of ether oxygens (including phenoxy) is 3. The molecule has 2 heterocycles. The summed E-state index contributed by atoms with van der Waals surface area (Å²) in [6.07, 6.45) is -0.885. The van der Waals surface area contributed by atoms with Crippen LogP contribution in [0.2, 0.25) is 0 Å². The highest BCUT2D eigenvalue weighted by atomic mass is 19.1. The van der Waals surface area contributed by atoms with Crippen LogP contribution < -0.4 is 0 Å². The molecule has 122 valence electrons. The number of rotatable bonds is 3. The Morgan fingerprint density at radius 1 is 1.43 bits per heavy atom. The maximum atomic E-state index is 14.4. The van der Waals surface area contributed by atoms with Crippen molar-refractivity contribution in [2.75, 3.05) is 20.3 Å². The second kappa shape index (κ2) is 5.98. The second-order valence-corrected chi connectivity index (χ2v) is 4.96. The number of methoxy groups -OCH3 is 1. The van der Waals surface area contributed by atoms with Gasteiger partial charge in [-0.3, -0.25) is 4.68 Å². The van der Waals surface area contributed by atoms with E-state index in [1.165, 1.54) is 23.9 Å². The summed E-state index contributed by atoms with van der Waals surface area (Å²) in [5.74, 6) is -1.37. The lowest BCUT2D eigenvalue weighted by atomic mass is 10.0. The van der Waals surface area contributed by atoms with Crippen LogP contribution in [0.25, 0.3) is 11.3 Å². The molecule has 0 atom stereocenters. The molecular formula is C15H15FN2O5. The number of nitrogens with zero attached hydrogens (tertiary/aromatic N) is 2. The molecule has 1 fully saturated rings. The van der Waals surface area contributed by atoms with Gasteiger partial charge in [0.25, 0.3) is 0 Å². The van der Waals surface area contributed by atoms with Crippen molar-refractivity contribution < 1.29 is 28.5 Å². The van der Waals surface area contributed by atoms with Crippen LogP contribution in [0, 0.1) is 5.82 Å². The summed E-state index contributed by atoms with van der Waals surface area (Å²) in [5.41, 5.74) is 0.513. The zero-order valence-electron chi connectivity index (χ0n) is 12.6. The van der Waals surface area contributed by atoms with E-state index in [1.807, 2.05) is 0 Å². The summed E-state index contributed by atoms with van der Waals surface area (Å²) in [4.78, 5) is 11.7. The number of halogens is 1. The largest absolute Gasteiger partial charge is 0.507 e. The van der Waals surface area contributed by atoms with Gasteiger partial charge in [0, 0.05) is 12.6 Å². The van der Waals surface area contributed by atoms with E-state index < -0.39 is 18.1 Å². The quantitative estimate of drug-likeness (QED) is 0.867. The Kier molecular flexibility index (Phi) is 4.01. The Morgan fingerprint density at radius 3 is 2.78 bits per heavy atom. The average Bonchev–Trinajstić information content (AvgIpc) is 3.18. The third kappa shape index (κ3) is 2.66. The minimum atomic E-state index is -0.885. The standard InChI is InChI=1S/C15H15FN2O5/c1-18-10(14(20)21-2)7-9(17-18)12-8(16)3-4-11(19)13(12)15-22-5-6-23-15/h3-4,7,15,19H,5-6H2,1-2H3. The number of esters is 1. The monoisotopic (exact) mass is 322 g/mol. The molecule has 1 N–H and O–H groups in total. The molecule has 1 aliphatic rings. The van der Waals surface area contributed by atoms with Crippen LogP contribution in [0.4, 0.5) is 4.39 Å². The molecule has 3 rings (SSSR count). The van der Waals surface area contributed by atoms with Crippen molar-refractivity contribution in [3.8, 4) is 17.0 Å². The number of aromatic hydroxyl groups is 1. The molecular weight excluding hydrogens is 307 g/mol. The third-order valence-electron chi connectivity index (χ3n) is 3.56. The molecule has 0 aliphatic carbocycles. The first-order valence-corrected chi connectivity index (χ1v) is 6.90. The van der Waals surface area contributed by atoms with Crippen molar-refractivity contribution in [2.24, 2.45) is 7.05 Å². The molecule has 23 heavy (non-hydrogen) atoms. The lowest BCUT2D eigenvalue weighted by molar-refractivity contribution is -0.0452. The van der Waals surface area contributed by atoms with E-state index in [-0.39, 0.29) is 28.3 Å². The van der Waals surface area contributed by atoms with Crippen molar-refractivity contribution >= 4 is 5.97 Å².